The fourth-order valence-electron chi connectivity index (χ4n) is 1.37. The summed E-state index contributed by atoms with van der Waals surface area (Å²) in [6, 6.07) is 0. The second-order valence-corrected chi connectivity index (χ2v) is 3.95. The lowest BCUT2D eigenvalue weighted by Crippen LogP contribution is -2.49. The van der Waals surface area contributed by atoms with Crippen LogP contribution in [0.25, 0.3) is 0 Å². The van der Waals surface area contributed by atoms with Gasteiger partial charge in [0.05, 0.1) is 0 Å². The predicted octanol–water partition coefficient (Wildman–Crippen LogP) is 1.85. The summed E-state index contributed by atoms with van der Waals surface area (Å²) in [5.74, 6) is 0. The van der Waals surface area contributed by atoms with Crippen LogP contribution in [0.4, 0.5) is 0 Å². The van der Waals surface area contributed by atoms with Gasteiger partial charge in [-0.05, 0) is 33.4 Å². The maximum atomic E-state index is 5.71. The SMILES string of the molecule is CCCCN(CC)C(C)(C)CN. The molecule has 0 rings (SSSR count). The first kappa shape index (κ1) is 11.9. The molecular weight excluding hydrogens is 148 g/mol. The van der Waals surface area contributed by atoms with E-state index in [0.29, 0.717) is 0 Å². The molecule has 0 heterocycles. The molecule has 74 valence electrons. The number of hydrogen-bond acceptors (Lipinski definition) is 2. The molecule has 0 aromatic rings. The van der Waals surface area contributed by atoms with Gasteiger partial charge in [0.2, 0.25) is 0 Å². The van der Waals surface area contributed by atoms with E-state index in [1.54, 1.807) is 0 Å². The van der Waals surface area contributed by atoms with Crippen molar-refractivity contribution in [3.8, 4) is 0 Å². The normalized spacial score (nSPS) is 12.5. The number of nitrogens with zero attached hydrogens (tertiary/aromatic N) is 1. The molecule has 0 aromatic carbocycles. The summed E-state index contributed by atoms with van der Waals surface area (Å²) < 4.78 is 0. The van der Waals surface area contributed by atoms with Crippen LogP contribution in [0.2, 0.25) is 0 Å². The van der Waals surface area contributed by atoms with E-state index in [1.165, 1.54) is 19.4 Å². The van der Waals surface area contributed by atoms with Crippen molar-refractivity contribution in [2.75, 3.05) is 19.6 Å². The van der Waals surface area contributed by atoms with E-state index in [9.17, 15) is 0 Å². The summed E-state index contributed by atoms with van der Waals surface area (Å²) in [7, 11) is 0. The second-order valence-electron chi connectivity index (χ2n) is 3.95. The van der Waals surface area contributed by atoms with E-state index in [4.69, 9.17) is 5.73 Å². The Bertz CT molecular complexity index is 110. The molecule has 0 spiro atoms. The lowest BCUT2D eigenvalue weighted by molar-refractivity contribution is 0.132. The Morgan fingerprint density at radius 2 is 1.83 bits per heavy atom. The highest BCUT2D eigenvalue weighted by Gasteiger charge is 2.22. The first-order valence-corrected chi connectivity index (χ1v) is 5.03. The van der Waals surface area contributed by atoms with Crippen molar-refractivity contribution in [2.24, 2.45) is 5.73 Å². The summed E-state index contributed by atoms with van der Waals surface area (Å²) in [5, 5.41) is 0. The average molecular weight is 172 g/mol. The Morgan fingerprint density at radius 1 is 1.25 bits per heavy atom. The zero-order valence-corrected chi connectivity index (χ0v) is 9.06. The van der Waals surface area contributed by atoms with Gasteiger partial charge >= 0.3 is 0 Å². The van der Waals surface area contributed by atoms with Crippen LogP contribution in [0.5, 0.6) is 0 Å². The maximum absolute atomic E-state index is 5.71. The highest BCUT2D eigenvalue weighted by Crippen LogP contribution is 2.12. The van der Waals surface area contributed by atoms with Crippen LogP contribution in [0.1, 0.15) is 40.5 Å². The standard InChI is InChI=1S/C10H24N2/c1-5-7-8-12(6-2)10(3,4)9-11/h5-9,11H2,1-4H3. The molecule has 0 amide bonds. The van der Waals surface area contributed by atoms with E-state index in [-0.39, 0.29) is 5.54 Å². The van der Waals surface area contributed by atoms with Gasteiger partial charge in [-0.1, -0.05) is 20.3 Å². The predicted molar refractivity (Wildman–Crippen MR) is 55.3 cm³/mol. The number of unbranched alkanes of at least 4 members (excludes halogenated alkanes) is 1. The van der Waals surface area contributed by atoms with Gasteiger partial charge in [0.15, 0.2) is 0 Å². The zero-order valence-electron chi connectivity index (χ0n) is 9.06. The van der Waals surface area contributed by atoms with Gasteiger partial charge in [0.1, 0.15) is 0 Å². The number of nitrogens with two attached hydrogens (primary N) is 1. The summed E-state index contributed by atoms with van der Waals surface area (Å²) in [6.45, 7) is 11.9. The minimum absolute atomic E-state index is 0.171. The van der Waals surface area contributed by atoms with Crippen molar-refractivity contribution >= 4 is 0 Å². The van der Waals surface area contributed by atoms with Gasteiger partial charge in [-0.25, -0.2) is 0 Å². The molecule has 0 radical (unpaired) electrons. The van der Waals surface area contributed by atoms with E-state index >= 15 is 0 Å². The molecule has 0 saturated heterocycles. The van der Waals surface area contributed by atoms with Crippen molar-refractivity contribution in [3.05, 3.63) is 0 Å². The Balaban J connectivity index is 3.95. The molecule has 0 aliphatic carbocycles. The monoisotopic (exact) mass is 172 g/mol. The minimum atomic E-state index is 0.171. The van der Waals surface area contributed by atoms with Crippen LogP contribution in [0.15, 0.2) is 0 Å². The molecule has 0 fully saturated rings. The third kappa shape index (κ3) is 3.55. The summed E-state index contributed by atoms with van der Waals surface area (Å²) >= 11 is 0. The van der Waals surface area contributed by atoms with Crippen LogP contribution in [-0.2, 0) is 0 Å². The molecule has 2 N–H and O–H groups in total. The Morgan fingerprint density at radius 3 is 2.17 bits per heavy atom. The fraction of sp³-hybridized carbons (Fsp3) is 1.00. The molecule has 0 saturated carbocycles. The molecular formula is C10H24N2. The third-order valence-electron chi connectivity index (χ3n) is 2.52. The van der Waals surface area contributed by atoms with Crippen LogP contribution >= 0.6 is 0 Å². The van der Waals surface area contributed by atoms with Crippen molar-refractivity contribution < 1.29 is 0 Å². The molecule has 0 unspecified atom stereocenters. The molecule has 0 aliphatic heterocycles. The van der Waals surface area contributed by atoms with Crippen molar-refractivity contribution in [1.29, 1.82) is 0 Å². The molecule has 12 heavy (non-hydrogen) atoms. The summed E-state index contributed by atoms with van der Waals surface area (Å²) in [5.41, 5.74) is 5.88. The lowest BCUT2D eigenvalue weighted by Gasteiger charge is -2.37. The highest BCUT2D eigenvalue weighted by atomic mass is 15.2. The zero-order chi connectivity index (χ0) is 9.61. The van der Waals surface area contributed by atoms with Gasteiger partial charge in [-0.3, -0.25) is 4.90 Å². The van der Waals surface area contributed by atoms with Crippen molar-refractivity contribution in [3.63, 3.8) is 0 Å². The van der Waals surface area contributed by atoms with Crippen molar-refractivity contribution in [1.82, 2.24) is 4.90 Å². The Hall–Kier alpha value is -0.0800. The van der Waals surface area contributed by atoms with Gasteiger partial charge < -0.3 is 5.73 Å². The smallest absolute Gasteiger partial charge is 0.0275 e. The van der Waals surface area contributed by atoms with Gasteiger partial charge in [0, 0.05) is 12.1 Å². The van der Waals surface area contributed by atoms with Crippen molar-refractivity contribution in [2.45, 2.75) is 46.1 Å². The minimum Gasteiger partial charge on any atom is -0.329 e. The fourth-order valence-corrected chi connectivity index (χ4v) is 1.37. The third-order valence-corrected chi connectivity index (χ3v) is 2.52. The van der Waals surface area contributed by atoms with Crippen LogP contribution in [-0.4, -0.2) is 30.1 Å². The van der Waals surface area contributed by atoms with Gasteiger partial charge in [-0.15, -0.1) is 0 Å². The van der Waals surface area contributed by atoms with Crippen LogP contribution < -0.4 is 5.73 Å². The lowest BCUT2D eigenvalue weighted by atomic mass is 10.0. The van der Waals surface area contributed by atoms with Gasteiger partial charge in [-0.2, -0.15) is 0 Å². The van der Waals surface area contributed by atoms with Crippen LogP contribution in [0, 0.1) is 0 Å². The molecule has 0 bridgehead atoms. The van der Waals surface area contributed by atoms with E-state index in [1.807, 2.05) is 0 Å². The van der Waals surface area contributed by atoms with E-state index in [0.717, 1.165) is 13.1 Å². The Labute approximate surface area is 77.1 Å². The average Bonchev–Trinajstić information content (AvgIpc) is 2.05. The van der Waals surface area contributed by atoms with Gasteiger partial charge in [0.25, 0.3) is 0 Å². The molecule has 2 heteroatoms. The maximum Gasteiger partial charge on any atom is 0.0275 e. The first-order chi connectivity index (χ1) is 5.58. The molecule has 0 aromatic heterocycles. The topological polar surface area (TPSA) is 29.3 Å². The largest absolute Gasteiger partial charge is 0.329 e. The van der Waals surface area contributed by atoms with E-state index < -0.39 is 0 Å². The molecule has 0 aliphatic rings. The summed E-state index contributed by atoms with van der Waals surface area (Å²) in [6.07, 6.45) is 2.54. The number of likely N-dealkylation sites (N-methyl/N-ethyl adjacent to an activating group) is 1. The first-order valence-electron chi connectivity index (χ1n) is 5.03. The number of rotatable bonds is 6. The van der Waals surface area contributed by atoms with E-state index in [2.05, 4.69) is 32.6 Å². The second kappa shape index (κ2) is 5.55. The molecule has 0 atom stereocenters. The number of hydrogen-bond donors (Lipinski definition) is 1. The quantitative estimate of drug-likeness (QED) is 0.662. The van der Waals surface area contributed by atoms with Crippen LogP contribution in [0.3, 0.4) is 0 Å². The summed E-state index contributed by atoms with van der Waals surface area (Å²) in [4.78, 5) is 2.45. The highest BCUT2D eigenvalue weighted by molar-refractivity contribution is 4.81. The molecule has 2 nitrogen and oxygen atoms in total. The Kier molecular flexibility index (Phi) is 5.51.